The van der Waals surface area contributed by atoms with Gasteiger partial charge in [0, 0.05) is 10.4 Å². The van der Waals surface area contributed by atoms with Crippen molar-refractivity contribution in [3.05, 3.63) is 62.3 Å². The zero-order chi connectivity index (χ0) is 19.8. The number of carbonyl (C=O) groups is 1. The molecule has 146 valence electrons. The van der Waals surface area contributed by atoms with Crippen LogP contribution in [-0.4, -0.2) is 34.3 Å². The van der Waals surface area contributed by atoms with E-state index in [4.69, 9.17) is 4.98 Å². The highest BCUT2D eigenvalue weighted by Gasteiger charge is 2.23. The number of benzene rings is 1. The molecule has 0 saturated carbocycles. The fraction of sp³-hybridized carbons (Fsp3) is 0.381. The molecule has 0 atom stereocenters. The minimum absolute atomic E-state index is 0.0960. The number of aromatic nitrogens is 2. The standard InChI is InChI=1S/C21H22FN3O2S/c1-24(2)12-18-23-20-19(15-5-3-4-6-17(15)28-20)21(27)25(18)11-16(26)13-7-9-14(22)10-8-13/h7-10H,3-6,11-12H2,1-2H3. The molecule has 0 bridgehead atoms. The Balaban J connectivity index is 1.82. The van der Waals surface area contributed by atoms with Crippen molar-refractivity contribution in [3.63, 3.8) is 0 Å². The predicted molar refractivity (Wildman–Crippen MR) is 109 cm³/mol. The van der Waals surface area contributed by atoms with Crippen LogP contribution in [0.2, 0.25) is 0 Å². The molecule has 1 aliphatic rings. The monoisotopic (exact) mass is 399 g/mol. The van der Waals surface area contributed by atoms with Gasteiger partial charge in [-0.1, -0.05) is 0 Å². The third-order valence-electron chi connectivity index (χ3n) is 5.08. The summed E-state index contributed by atoms with van der Waals surface area (Å²) in [5, 5.41) is 0.675. The fourth-order valence-electron chi connectivity index (χ4n) is 3.72. The molecule has 3 aromatic rings. The summed E-state index contributed by atoms with van der Waals surface area (Å²) in [5.74, 6) is -0.0427. The highest BCUT2D eigenvalue weighted by molar-refractivity contribution is 7.18. The molecule has 0 unspecified atom stereocenters. The largest absolute Gasteiger partial charge is 0.302 e. The summed E-state index contributed by atoms with van der Waals surface area (Å²) in [6.45, 7) is 0.367. The topological polar surface area (TPSA) is 55.2 Å². The maximum Gasteiger partial charge on any atom is 0.263 e. The van der Waals surface area contributed by atoms with Crippen molar-refractivity contribution in [2.75, 3.05) is 14.1 Å². The number of thiophene rings is 1. The van der Waals surface area contributed by atoms with Crippen LogP contribution in [0.3, 0.4) is 0 Å². The normalized spacial score (nSPS) is 13.9. The van der Waals surface area contributed by atoms with Gasteiger partial charge in [0.2, 0.25) is 0 Å². The lowest BCUT2D eigenvalue weighted by Gasteiger charge is -2.16. The molecule has 0 spiro atoms. The molecule has 2 heterocycles. The summed E-state index contributed by atoms with van der Waals surface area (Å²) in [5.41, 5.74) is 1.36. The zero-order valence-corrected chi connectivity index (χ0v) is 16.8. The number of nitrogens with zero attached hydrogens (tertiary/aromatic N) is 3. The first kappa shape index (κ1) is 19.0. The van der Waals surface area contributed by atoms with Crippen molar-refractivity contribution in [2.24, 2.45) is 0 Å². The number of rotatable bonds is 5. The minimum Gasteiger partial charge on any atom is -0.302 e. The van der Waals surface area contributed by atoms with Gasteiger partial charge in [0.15, 0.2) is 5.78 Å². The quantitative estimate of drug-likeness (QED) is 0.617. The van der Waals surface area contributed by atoms with Gasteiger partial charge < -0.3 is 4.90 Å². The first-order valence-corrected chi connectivity index (χ1v) is 10.2. The molecule has 0 saturated heterocycles. The highest BCUT2D eigenvalue weighted by Crippen LogP contribution is 2.33. The van der Waals surface area contributed by atoms with Gasteiger partial charge in [-0.3, -0.25) is 14.2 Å². The predicted octanol–water partition coefficient (Wildman–Crippen LogP) is 3.42. The Kier molecular flexibility index (Phi) is 5.12. The van der Waals surface area contributed by atoms with Crippen LogP contribution in [0.15, 0.2) is 29.1 Å². The Morgan fingerprint density at radius 1 is 1.21 bits per heavy atom. The van der Waals surface area contributed by atoms with E-state index in [0.717, 1.165) is 36.1 Å². The van der Waals surface area contributed by atoms with Gasteiger partial charge in [-0.2, -0.15) is 0 Å². The van der Waals surface area contributed by atoms with Crippen molar-refractivity contribution in [3.8, 4) is 0 Å². The molecule has 1 aromatic carbocycles. The van der Waals surface area contributed by atoms with E-state index in [0.29, 0.717) is 23.3 Å². The van der Waals surface area contributed by atoms with Gasteiger partial charge in [-0.05, 0) is 69.6 Å². The molecular formula is C21H22FN3O2S. The van der Waals surface area contributed by atoms with Gasteiger partial charge >= 0.3 is 0 Å². The average molecular weight is 399 g/mol. The third kappa shape index (κ3) is 3.52. The zero-order valence-electron chi connectivity index (χ0n) is 16.0. The highest BCUT2D eigenvalue weighted by atomic mass is 32.1. The average Bonchev–Trinajstić information content (AvgIpc) is 3.03. The van der Waals surface area contributed by atoms with E-state index < -0.39 is 5.82 Å². The second-order valence-electron chi connectivity index (χ2n) is 7.48. The van der Waals surface area contributed by atoms with E-state index in [1.807, 2.05) is 19.0 Å². The smallest absolute Gasteiger partial charge is 0.263 e. The van der Waals surface area contributed by atoms with Crippen LogP contribution in [0, 0.1) is 5.82 Å². The molecule has 28 heavy (non-hydrogen) atoms. The number of carbonyl (C=O) groups excluding carboxylic acids is 1. The van der Waals surface area contributed by atoms with Crippen LogP contribution < -0.4 is 5.56 Å². The van der Waals surface area contributed by atoms with Crippen molar-refractivity contribution in [2.45, 2.75) is 38.8 Å². The summed E-state index contributed by atoms with van der Waals surface area (Å²) >= 11 is 1.61. The van der Waals surface area contributed by atoms with E-state index in [1.165, 1.54) is 33.7 Å². The van der Waals surface area contributed by atoms with Gasteiger partial charge in [0.25, 0.3) is 5.56 Å². The van der Waals surface area contributed by atoms with Gasteiger partial charge in [0.05, 0.1) is 18.5 Å². The second kappa shape index (κ2) is 7.56. The van der Waals surface area contributed by atoms with Crippen LogP contribution in [0.4, 0.5) is 4.39 Å². The van der Waals surface area contributed by atoms with E-state index in [2.05, 4.69) is 0 Å². The maximum atomic E-state index is 13.4. The Morgan fingerprint density at radius 3 is 2.64 bits per heavy atom. The summed E-state index contributed by atoms with van der Waals surface area (Å²) in [6.07, 6.45) is 4.10. The molecule has 0 fully saturated rings. The first-order valence-electron chi connectivity index (χ1n) is 9.41. The number of ketones is 1. The second-order valence-corrected chi connectivity index (χ2v) is 8.56. The summed E-state index contributed by atoms with van der Waals surface area (Å²) in [7, 11) is 3.81. The Hall–Kier alpha value is -2.38. The molecule has 0 aliphatic heterocycles. The molecule has 2 aromatic heterocycles. The van der Waals surface area contributed by atoms with E-state index in [9.17, 15) is 14.0 Å². The van der Waals surface area contributed by atoms with Crippen molar-refractivity contribution >= 4 is 27.3 Å². The number of hydrogen-bond acceptors (Lipinski definition) is 5. The van der Waals surface area contributed by atoms with Crippen LogP contribution in [0.5, 0.6) is 0 Å². The molecular weight excluding hydrogens is 377 g/mol. The lowest BCUT2D eigenvalue weighted by Crippen LogP contribution is -2.31. The van der Waals surface area contributed by atoms with Gasteiger partial charge in [0.1, 0.15) is 16.5 Å². The van der Waals surface area contributed by atoms with E-state index >= 15 is 0 Å². The van der Waals surface area contributed by atoms with Gasteiger partial charge in [-0.25, -0.2) is 9.37 Å². The molecule has 1 aliphatic carbocycles. The Morgan fingerprint density at radius 2 is 1.93 bits per heavy atom. The number of aryl methyl sites for hydroxylation is 2. The Labute approximate surface area is 166 Å². The SMILES string of the molecule is CN(C)Cc1nc2sc3c(c2c(=O)n1CC(=O)c1ccc(F)cc1)CCCC3. The summed E-state index contributed by atoms with van der Waals surface area (Å²) in [4.78, 5) is 34.9. The van der Waals surface area contributed by atoms with Crippen molar-refractivity contribution in [1.29, 1.82) is 0 Å². The number of hydrogen-bond donors (Lipinski definition) is 0. The Bertz CT molecular complexity index is 1100. The van der Waals surface area contributed by atoms with E-state index in [1.54, 1.807) is 11.3 Å². The minimum atomic E-state index is -0.394. The maximum absolute atomic E-state index is 13.4. The summed E-state index contributed by atoms with van der Waals surface area (Å²) in [6, 6.07) is 5.42. The molecule has 0 N–H and O–H groups in total. The molecule has 0 amide bonds. The molecule has 5 nitrogen and oxygen atoms in total. The number of fused-ring (bicyclic) bond motifs is 3. The number of Topliss-reactive ketones (excluding diaryl/α,β-unsaturated/α-hetero) is 1. The van der Waals surface area contributed by atoms with Crippen LogP contribution in [-0.2, 0) is 25.9 Å². The van der Waals surface area contributed by atoms with Crippen molar-refractivity contribution in [1.82, 2.24) is 14.5 Å². The van der Waals surface area contributed by atoms with Crippen LogP contribution in [0.1, 0.15) is 39.5 Å². The van der Waals surface area contributed by atoms with Crippen LogP contribution >= 0.6 is 11.3 Å². The fourth-order valence-corrected chi connectivity index (χ4v) is 4.99. The third-order valence-corrected chi connectivity index (χ3v) is 6.27. The lowest BCUT2D eigenvalue weighted by molar-refractivity contribution is 0.0968. The molecule has 7 heteroatoms. The summed E-state index contributed by atoms with van der Waals surface area (Å²) < 4.78 is 14.7. The van der Waals surface area contributed by atoms with Gasteiger partial charge in [-0.15, -0.1) is 11.3 Å². The van der Waals surface area contributed by atoms with Crippen LogP contribution in [0.25, 0.3) is 10.2 Å². The molecule has 0 radical (unpaired) electrons. The lowest BCUT2D eigenvalue weighted by atomic mass is 9.97. The van der Waals surface area contributed by atoms with Crippen molar-refractivity contribution < 1.29 is 9.18 Å². The van der Waals surface area contributed by atoms with E-state index in [-0.39, 0.29) is 17.9 Å². The molecule has 4 rings (SSSR count). The first-order chi connectivity index (χ1) is 13.4. The number of halogens is 1.